The molecule has 3 amide bonds. The van der Waals surface area contributed by atoms with Gasteiger partial charge in [-0.15, -0.1) is 0 Å². The summed E-state index contributed by atoms with van der Waals surface area (Å²) in [5.41, 5.74) is 0. The molecule has 0 aromatic rings. The average Bonchev–Trinajstić information content (AvgIpc) is 2.45. The van der Waals surface area contributed by atoms with Crippen LogP contribution in [0.4, 0.5) is 4.79 Å². The van der Waals surface area contributed by atoms with Crippen molar-refractivity contribution in [1.82, 2.24) is 15.5 Å². The first-order valence-electron chi connectivity index (χ1n) is 6.64. The number of nitrogens with zero attached hydrogens (tertiary/aromatic N) is 1. The molecule has 8 heteroatoms. The molecule has 2 unspecified atom stereocenters. The second-order valence-corrected chi connectivity index (χ2v) is 4.69. The minimum atomic E-state index is -1.49. The number of piperidine rings is 1. The maximum absolute atomic E-state index is 12.0. The predicted octanol–water partition coefficient (Wildman–Crippen LogP) is -0.868. The number of carboxylic acids is 1. The normalized spacial score (nSPS) is 20.1. The van der Waals surface area contributed by atoms with Crippen molar-refractivity contribution < 1.29 is 24.6 Å². The molecule has 0 aromatic carbocycles. The minimum Gasteiger partial charge on any atom is -0.479 e. The lowest BCUT2D eigenvalue weighted by atomic mass is 10.0. The molecule has 0 bridgehead atoms. The number of likely N-dealkylation sites (tertiary alicyclic amines) is 1. The van der Waals surface area contributed by atoms with Gasteiger partial charge in [0, 0.05) is 26.6 Å². The fourth-order valence-corrected chi connectivity index (χ4v) is 2.15. The van der Waals surface area contributed by atoms with Crippen molar-refractivity contribution in [3.63, 3.8) is 0 Å². The molecule has 1 aliphatic heterocycles. The van der Waals surface area contributed by atoms with E-state index in [1.165, 1.54) is 11.9 Å². The molecule has 4 N–H and O–H groups in total. The lowest BCUT2D eigenvalue weighted by molar-refractivity contribution is -0.146. The molecular weight excluding hydrogens is 266 g/mol. The van der Waals surface area contributed by atoms with E-state index in [1.807, 2.05) is 0 Å². The van der Waals surface area contributed by atoms with Gasteiger partial charge in [-0.2, -0.15) is 0 Å². The van der Waals surface area contributed by atoms with Crippen molar-refractivity contribution in [2.45, 2.75) is 37.8 Å². The summed E-state index contributed by atoms with van der Waals surface area (Å²) in [6, 6.07) is -0.894. The number of nitrogens with one attached hydrogen (secondary N) is 2. The van der Waals surface area contributed by atoms with Gasteiger partial charge in [-0.1, -0.05) is 0 Å². The van der Waals surface area contributed by atoms with Crippen molar-refractivity contribution in [1.29, 1.82) is 0 Å². The fraction of sp³-hybridized carbons (Fsp3) is 0.750. The Bertz CT molecular complexity index is 374. The van der Waals surface area contributed by atoms with Gasteiger partial charge < -0.3 is 25.7 Å². The summed E-state index contributed by atoms with van der Waals surface area (Å²) in [7, 11) is 1.52. The Morgan fingerprint density at radius 1 is 1.35 bits per heavy atom. The number of hydrogen-bond acceptors (Lipinski definition) is 4. The van der Waals surface area contributed by atoms with E-state index in [9.17, 15) is 14.4 Å². The monoisotopic (exact) mass is 287 g/mol. The van der Waals surface area contributed by atoms with Crippen LogP contribution in [0.1, 0.15) is 25.7 Å². The molecule has 0 aliphatic carbocycles. The Hall–Kier alpha value is -1.83. The lowest BCUT2D eigenvalue weighted by Gasteiger charge is -2.34. The van der Waals surface area contributed by atoms with Crippen LogP contribution in [0.5, 0.6) is 0 Å². The molecule has 2 atom stereocenters. The zero-order valence-corrected chi connectivity index (χ0v) is 11.5. The Morgan fingerprint density at radius 3 is 2.65 bits per heavy atom. The van der Waals surface area contributed by atoms with Crippen LogP contribution in [0, 0.1) is 0 Å². The fourth-order valence-electron chi connectivity index (χ4n) is 2.15. The van der Waals surface area contributed by atoms with Gasteiger partial charge in [0.1, 0.15) is 6.04 Å². The van der Waals surface area contributed by atoms with Gasteiger partial charge in [-0.25, -0.2) is 9.59 Å². The van der Waals surface area contributed by atoms with Crippen LogP contribution in [-0.2, 0) is 9.59 Å². The number of carbonyl (C=O) groups excluding carboxylic acids is 2. The Kier molecular flexibility index (Phi) is 6.23. The second-order valence-electron chi connectivity index (χ2n) is 4.69. The van der Waals surface area contributed by atoms with Gasteiger partial charge in [0.2, 0.25) is 5.91 Å². The quantitative estimate of drug-likeness (QED) is 0.524. The number of carboxylic acid groups (broad SMARTS) is 1. The smallest absolute Gasteiger partial charge is 0.332 e. The molecule has 20 heavy (non-hydrogen) atoms. The van der Waals surface area contributed by atoms with E-state index in [1.54, 1.807) is 0 Å². The molecule has 114 valence electrons. The molecule has 8 nitrogen and oxygen atoms in total. The van der Waals surface area contributed by atoms with Gasteiger partial charge in [0.15, 0.2) is 6.10 Å². The summed E-state index contributed by atoms with van der Waals surface area (Å²) < 4.78 is 0. The SMILES string of the molecule is CNC(=O)C1CCCCN1C(=O)NCCC(O)C(=O)O. The van der Waals surface area contributed by atoms with E-state index in [-0.39, 0.29) is 18.9 Å². The topological polar surface area (TPSA) is 119 Å². The molecule has 0 saturated carbocycles. The van der Waals surface area contributed by atoms with Crippen molar-refractivity contribution in [3.05, 3.63) is 0 Å². The van der Waals surface area contributed by atoms with Gasteiger partial charge in [0.25, 0.3) is 0 Å². The van der Waals surface area contributed by atoms with E-state index in [0.717, 1.165) is 12.8 Å². The van der Waals surface area contributed by atoms with Crippen LogP contribution < -0.4 is 10.6 Å². The molecule has 1 saturated heterocycles. The number of aliphatic hydroxyl groups is 1. The van der Waals surface area contributed by atoms with Crippen LogP contribution in [0.15, 0.2) is 0 Å². The molecule has 0 aromatic heterocycles. The highest BCUT2D eigenvalue weighted by Crippen LogP contribution is 2.17. The number of aliphatic hydroxyl groups excluding tert-OH is 1. The Labute approximate surface area is 117 Å². The van der Waals surface area contributed by atoms with Crippen LogP contribution in [0.3, 0.4) is 0 Å². The van der Waals surface area contributed by atoms with Crippen molar-refractivity contribution in [2.24, 2.45) is 0 Å². The molecule has 1 heterocycles. The number of urea groups is 1. The Morgan fingerprint density at radius 2 is 2.05 bits per heavy atom. The molecular formula is C12H21N3O5. The lowest BCUT2D eigenvalue weighted by Crippen LogP contribution is -2.54. The molecule has 0 radical (unpaired) electrons. The third-order valence-corrected chi connectivity index (χ3v) is 3.29. The largest absolute Gasteiger partial charge is 0.479 e. The molecule has 1 fully saturated rings. The third kappa shape index (κ3) is 4.37. The van der Waals surface area contributed by atoms with Gasteiger partial charge in [-0.3, -0.25) is 4.79 Å². The predicted molar refractivity (Wildman–Crippen MR) is 70.1 cm³/mol. The number of amides is 3. The number of rotatable bonds is 5. The van der Waals surface area contributed by atoms with Crippen molar-refractivity contribution in [3.8, 4) is 0 Å². The summed E-state index contributed by atoms with van der Waals surface area (Å²) >= 11 is 0. The minimum absolute atomic E-state index is 0.0449. The number of aliphatic carboxylic acids is 1. The van der Waals surface area contributed by atoms with Crippen LogP contribution in [0.2, 0.25) is 0 Å². The third-order valence-electron chi connectivity index (χ3n) is 3.29. The highest BCUT2D eigenvalue weighted by molar-refractivity contribution is 5.87. The first kappa shape index (κ1) is 16.2. The van der Waals surface area contributed by atoms with Gasteiger partial charge >= 0.3 is 12.0 Å². The van der Waals surface area contributed by atoms with E-state index < -0.39 is 24.1 Å². The summed E-state index contributed by atoms with van der Waals surface area (Å²) in [4.78, 5) is 35.6. The maximum atomic E-state index is 12.0. The van der Waals surface area contributed by atoms with Crippen molar-refractivity contribution in [2.75, 3.05) is 20.1 Å². The first-order valence-corrected chi connectivity index (χ1v) is 6.64. The van der Waals surface area contributed by atoms with E-state index in [0.29, 0.717) is 13.0 Å². The van der Waals surface area contributed by atoms with E-state index >= 15 is 0 Å². The molecule has 1 aliphatic rings. The summed E-state index contributed by atoms with van der Waals surface area (Å²) in [6.45, 7) is 0.536. The van der Waals surface area contributed by atoms with Gasteiger partial charge in [-0.05, 0) is 19.3 Å². The summed E-state index contributed by atoms with van der Waals surface area (Å²) in [6.07, 6.45) is 0.772. The highest BCUT2D eigenvalue weighted by atomic mass is 16.4. The van der Waals surface area contributed by atoms with Gasteiger partial charge in [0.05, 0.1) is 0 Å². The molecule has 1 rings (SSSR count). The second kappa shape index (κ2) is 7.68. The van der Waals surface area contributed by atoms with E-state index in [4.69, 9.17) is 10.2 Å². The summed E-state index contributed by atoms with van der Waals surface area (Å²) in [5, 5.41) is 22.7. The average molecular weight is 287 g/mol. The van der Waals surface area contributed by atoms with Crippen LogP contribution >= 0.6 is 0 Å². The Balaban J connectivity index is 2.47. The van der Waals surface area contributed by atoms with Crippen LogP contribution in [-0.4, -0.2) is 65.3 Å². The standard InChI is InChI=1S/C12H21N3O5/c1-13-10(17)8-4-2-3-7-15(8)12(20)14-6-5-9(16)11(18)19/h8-9,16H,2-7H2,1H3,(H,13,17)(H,14,20)(H,18,19). The number of carbonyl (C=O) groups is 3. The molecule has 0 spiro atoms. The van der Waals surface area contributed by atoms with E-state index in [2.05, 4.69) is 10.6 Å². The van der Waals surface area contributed by atoms with Crippen LogP contribution in [0.25, 0.3) is 0 Å². The zero-order chi connectivity index (χ0) is 15.1. The van der Waals surface area contributed by atoms with Crippen molar-refractivity contribution >= 4 is 17.9 Å². The zero-order valence-electron chi connectivity index (χ0n) is 11.5. The first-order chi connectivity index (χ1) is 9.47. The number of hydrogen-bond donors (Lipinski definition) is 4. The summed E-state index contributed by atoms with van der Waals surface area (Å²) in [5.74, 6) is -1.52. The number of likely N-dealkylation sites (N-methyl/N-ethyl adjacent to an activating group) is 1. The maximum Gasteiger partial charge on any atom is 0.332 e. The highest BCUT2D eigenvalue weighted by Gasteiger charge is 2.31.